The van der Waals surface area contributed by atoms with Crippen molar-refractivity contribution in [2.75, 3.05) is 6.61 Å². The van der Waals surface area contributed by atoms with Crippen LogP contribution in [0, 0.1) is 12.8 Å². The van der Waals surface area contributed by atoms with Crippen molar-refractivity contribution in [2.45, 2.75) is 59.8 Å². The second kappa shape index (κ2) is 6.26. The van der Waals surface area contributed by atoms with E-state index in [1.54, 1.807) is 0 Å². The summed E-state index contributed by atoms with van der Waals surface area (Å²) in [6.07, 6.45) is 2.38. The molecule has 0 saturated heterocycles. The minimum absolute atomic E-state index is 0.181. The van der Waals surface area contributed by atoms with Gasteiger partial charge in [-0.15, -0.1) is 0 Å². The molecule has 0 aliphatic carbocycles. The molecule has 1 nitrogen and oxygen atoms in total. The highest BCUT2D eigenvalue weighted by molar-refractivity contribution is 5.39. The van der Waals surface area contributed by atoms with Gasteiger partial charge in [0.2, 0.25) is 0 Å². The fraction of sp³-hybridized carbons (Fsp3) is 0.647. The zero-order valence-electron chi connectivity index (χ0n) is 12.8. The summed E-state index contributed by atoms with van der Waals surface area (Å²) in [6, 6.07) is 6.58. The molecular weight excluding hydrogens is 220 g/mol. The first-order valence-corrected chi connectivity index (χ1v) is 7.12. The lowest BCUT2D eigenvalue weighted by atomic mass is 9.86. The van der Waals surface area contributed by atoms with E-state index in [1.807, 2.05) is 0 Å². The maximum Gasteiger partial charge on any atom is 0.122 e. The average Bonchev–Trinajstić information content (AvgIpc) is 2.31. The summed E-state index contributed by atoms with van der Waals surface area (Å²) in [4.78, 5) is 0. The Bertz CT molecular complexity index is 370. The highest BCUT2D eigenvalue weighted by Crippen LogP contribution is 2.28. The molecule has 18 heavy (non-hydrogen) atoms. The highest BCUT2D eigenvalue weighted by Gasteiger charge is 2.15. The quantitative estimate of drug-likeness (QED) is 0.703. The fourth-order valence-corrected chi connectivity index (χ4v) is 1.95. The first kappa shape index (κ1) is 15.1. The molecule has 0 aliphatic heterocycles. The molecule has 0 aromatic heterocycles. The Labute approximate surface area is 113 Å². The van der Waals surface area contributed by atoms with E-state index in [4.69, 9.17) is 4.74 Å². The Balaban J connectivity index is 2.82. The Morgan fingerprint density at radius 1 is 1.11 bits per heavy atom. The number of ether oxygens (including phenoxy) is 1. The van der Waals surface area contributed by atoms with Gasteiger partial charge in [-0.3, -0.25) is 0 Å². The van der Waals surface area contributed by atoms with Gasteiger partial charge in [0.05, 0.1) is 6.61 Å². The van der Waals surface area contributed by atoms with Crippen LogP contribution in [0.1, 0.15) is 58.6 Å². The Kier molecular flexibility index (Phi) is 5.25. The summed E-state index contributed by atoms with van der Waals surface area (Å²) in [6.45, 7) is 14.1. The third-order valence-electron chi connectivity index (χ3n) is 3.68. The van der Waals surface area contributed by atoms with Gasteiger partial charge in [0, 0.05) is 0 Å². The molecule has 1 heteroatoms. The van der Waals surface area contributed by atoms with Crippen molar-refractivity contribution in [1.29, 1.82) is 0 Å². The van der Waals surface area contributed by atoms with Crippen LogP contribution in [-0.2, 0) is 5.41 Å². The van der Waals surface area contributed by atoms with Gasteiger partial charge in [-0.05, 0) is 35.4 Å². The molecular formula is C17H28O. The summed E-state index contributed by atoms with van der Waals surface area (Å²) >= 11 is 0. The van der Waals surface area contributed by atoms with Gasteiger partial charge < -0.3 is 4.74 Å². The number of rotatable bonds is 5. The van der Waals surface area contributed by atoms with E-state index in [1.165, 1.54) is 24.0 Å². The van der Waals surface area contributed by atoms with Crippen LogP contribution < -0.4 is 4.74 Å². The highest BCUT2D eigenvalue weighted by atomic mass is 16.5. The van der Waals surface area contributed by atoms with Gasteiger partial charge in [-0.2, -0.15) is 0 Å². The minimum Gasteiger partial charge on any atom is -0.493 e. The van der Waals surface area contributed by atoms with Crippen LogP contribution in [0.3, 0.4) is 0 Å². The zero-order chi connectivity index (χ0) is 13.8. The van der Waals surface area contributed by atoms with Crippen LogP contribution in [0.15, 0.2) is 18.2 Å². The molecule has 102 valence electrons. The average molecular weight is 248 g/mol. The van der Waals surface area contributed by atoms with Crippen molar-refractivity contribution in [3.63, 3.8) is 0 Å². The molecule has 0 saturated carbocycles. The van der Waals surface area contributed by atoms with Crippen LogP contribution in [0.2, 0.25) is 0 Å². The SMILES string of the molecule is CCC(CC)COc1cc(C(C)(C)C)ccc1C. The lowest BCUT2D eigenvalue weighted by Gasteiger charge is -2.22. The van der Waals surface area contributed by atoms with Crippen molar-refractivity contribution in [2.24, 2.45) is 5.92 Å². The first-order valence-electron chi connectivity index (χ1n) is 7.12. The standard InChI is InChI=1S/C17H28O/c1-7-14(8-2)12-18-16-11-15(17(4,5)6)10-9-13(16)3/h9-11,14H,7-8,12H2,1-6H3. The summed E-state index contributed by atoms with van der Waals surface area (Å²) in [5, 5.41) is 0. The van der Waals surface area contributed by atoms with E-state index < -0.39 is 0 Å². The number of hydrogen-bond donors (Lipinski definition) is 0. The van der Waals surface area contributed by atoms with Crippen molar-refractivity contribution in [1.82, 2.24) is 0 Å². The van der Waals surface area contributed by atoms with Crippen molar-refractivity contribution in [3.05, 3.63) is 29.3 Å². The summed E-state index contributed by atoms with van der Waals surface area (Å²) in [5.41, 5.74) is 2.75. The van der Waals surface area contributed by atoms with Gasteiger partial charge in [0.1, 0.15) is 5.75 Å². The topological polar surface area (TPSA) is 9.23 Å². The molecule has 1 aromatic carbocycles. The molecule has 0 unspecified atom stereocenters. The second-order valence-electron chi connectivity index (χ2n) is 6.22. The van der Waals surface area contributed by atoms with E-state index in [0.29, 0.717) is 5.92 Å². The number of aryl methyl sites for hydroxylation is 1. The van der Waals surface area contributed by atoms with Gasteiger partial charge in [-0.1, -0.05) is 59.6 Å². The predicted molar refractivity (Wildman–Crippen MR) is 79.4 cm³/mol. The summed E-state index contributed by atoms with van der Waals surface area (Å²) in [5.74, 6) is 1.72. The monoisotopic (exact) mass is 248 g/mol. The van der Waals surface area contributed by atoms with Crippen LogP contribution >= 0.6 is 0 Å². The van der Waals surface area contributed by atoms with E-state index in [0.717, 1.165) is 12.4 Å². The molecule has 0 aliphatic rings. The third kappa shape index (κ3) is 4.04. The molecule has 0 fully saturated rings. The van der Waals surface area contributed by atoms with Crippen molar-refractivity contribution < 1.29 is 4.74 Å². The van der Waals surface area contributed by atoms with Crippen LogP contribution in [-0.4, -0.2) is 6.61 Å². The number of benzene rings is 1. The molecule has 0 radical (unpaired) electrons. The summed E-state index contributed by atoms with van der Waals surface area (Å²) in [7, 11) is 0. The second-order valence-corrected chi connectivity index (χ2v) is 6.22. The first-order chi connectivity index (χ1) is 8.38. The lowest BCUT2D eigenvalue weighted by Crippen LogP contribution is -2.13. The maximum atomic E-state index is 6.02. The van der Waals surface area contributed by atoms with Gasteiger partial charge in [-0.25, -0.2) is 0 Å². The van der Waals surface area contributed by atoms with Crippen LogP contribution in [0.4, 0.5) is 0 Å². The van der Waals surface area contributed by atoms with Gasteiger partial charge in [0.15, 0.2) is 0 Å². The van der Waals surface area contributed by atoms with E-state index in [2.05, 4.69) is 59.7 Å². The molecule has 0 N–H and O–H groups in total. The number of hydrogen-bond acceptors (Lipinski definition) is 1. The normalized spacial score (nSPS) is 11.9. The predicted octanol–water partition coefficient (Wildman–Crippen LogP) is 5.11. The van der Waals surface area contributed by atoms with Gasteiger partial charge in [0.25, 0.3) is 0 Å². The zero-order valence-corrected chi connectivity index (χ0v) is 12.8. The van der Waals surface area contributed by atoms with Crippen LogP contribution in [0.5, 0.6) is 5.75 Å². The lowest BCUT2D eigenvalue weighted by molar-refractivity contribution is 0.239. The van der Waals surface area contributed by atoms with E-state index in [9.17, 15) is 0 Å². The van der Waals surface area contributed by atoms with Crippen LogP contribution in [0.25, 0.3) is 0 Å². The maximum absolute atomic E-state index is 6.02. The molecule has 1 aromatic rings. The Hall–Kier alpha value is -0.980. The molecule has 0 heterocycles. The molecule has 0 bridgehead atoms. The fourth-order valence-electron chi connectivity index (χ4n) is 1.95. The smallest absolute Gasteiger partial charge is 0.122 e. The summed E-state index contributed by atoms with van der Waals surface area (Å²) < 4.78 is 6.02. The Morgan fingerprint density at radius 2 is 1.72 bits per heavy atom. The van der Waals surface area contributed by atoms with Gasteiger partial charge >= 0.3 is 0 Å². The third-order valence-corrected chi connectivity index (χ3v) is 3.68. The molecule has 0 spiro atoms. The van der Waals surface area contributed by atoms with E-state index >= 15 is 0 Å². The molecule has 1 rings (SSSR count). The largest absolute Gasteiger partial charge is 0.493 e. The van der Waals surface area contributed by atoms with Crippen molar-refractivity contribution in [3.8, 4) is 5.75 Å². The van der Waals surface area contributed by atoms with Crippen molar-refractivity contribution >= 4 is 0 Å². The molecule has 0 atom stereocenters. The Morgan fingerprint density at radius 3 is 2.22 bits per heavy atom. The minimum atomic E-state index is 0.181. The van der Waals surface area contributed by atoms with E-state index in [-0.39, 0.29) is 5.41 Å². The molecule has 0 amide bonds.